The van der Waals surface area contributed by atoms with Crippen molar-refractivity contribution >= 4 is 0 Å². The largest absolute Gasteiger partial charge is 0.419 e. The summed E-state index contributed by atoms with van der Waals surface area (Å²) >= 11 is 0. The van der Waals surface area contributed by atoms with Gasteiger partial charge >= 0.3 is 6.18 Å². The lowest BCUT2D eigenvalue weighted by atomic mass is 10.0. The van der Waals surface area contributed by atoms with E-state index < -0.39 is 17.6 Å². The molecule has 1 aliphatic carbocycles. The van der Waals surface area contributed by atoms with Gasteiger partial charge < -0.3 is 5.73 Å². The highest BCUT2D eigenvalue weighted by Gasteiger charge is 2.39. The van der Waals surface area contributed by atoms with Crippen LogP contribution in [0.1, 0.15) is 24.0 Å². The van der Waals surface area contributed by atoms with Crippen LogP contribution in [0.5, 0.6) is 0 Å². The van der Waals surface area contributed by atoms with Crippen molar-refractivity contribution in [2.45, 2.75) is 31.0 Å². The maximum Gasteiger partial charge on any atom is 0.419 e. The van der Waals surface area contributed by atoms with Crippen LogP contribution < -0.4 is 5.73 Å². The lowest BCUT2D eigenvalue weighted by Crippen LogP contribution is -2.24. The molecule has 0 atom stereocenters. The van der Waals surface area contributed by atoms with E-state index in [4.69, 9.17) is 5.73 Å². The van der Waals surface area contributed by atoms with E-state index in [-0.39, 0.29) is 5.54 Å². The van der Waals surface area contributed by atoms with Gasteiger partial charge in [0.05, 0.1) is 5.56 Å². The van der Waals surface area contributed by atoms with Gasteiger partial charge in [0, 0.05) is 5.54 Å². The lowest BCUT2D eigenvalue weighted by Gasteiger charge is -2.11. The minimum atomic E-state index is -4.64. The predicted molar refractivity (Wildman–Crippen MR) is 51.3 cm³/mol. The molecule has 1 aromatic carbocycles. The molecular weight excluding hydrogens is 222 g/mol. The van der Waals surface area contributed by atoms with E-state index >= 15 is 0 Å². The first kappa shape index (κ1) is 11.4. The standard InChI is InChI=1S/C11H11F4N/c12-9-5-7(6-10(16)3-4-10)1-2-8(9)11(13,14)15/h1-2,5H,3-4,6,16H2. The van der Waals surface area contributed by atoms with Crippen LogP contribution in [-0.4, -0.2) is 5.54 Å². The molecule has 0 unspecified atom stereocenters. The summed E-state index contributed by atoms with van der Waals surface area (Å²) in [5, 5.41) is 0. The fourth-order valence-corrected chi connectivity index (χ4v) is 1.64. The molecule has 1 aliphatic rings. The number of halogens is 4. The molecule has 5 heteroatoms. The molecule has 0 aromatic heterocycles. The van der Waals surface area contributed by atoms with E-state index in [2.05, 4.69) is 0 Å². The van der Waals surface area contributed by atoms with Gasteiger partial charge in [-0.1, -0.05) is 6.07 Å². The molecule has 0 bridgehead atoms. The van der Waals surface area contributed by atoms with Gasteiger partial charge in [0.15, 0.2) is 0 Å². The molecule has 0 aliphatic heterocycles. The van der Waals surface area contributed by atoms with E-state index in [9.17, 15) is 17.6 Å². The number of alkyl halides is 3. The van der Waals surface area contributed by atoms with Crippen molar-refractivity contribution in [1.82, 2.24) is 0 Å². The summed E-state index contributed by atoms with van der Waals surface area (Å²) in [5.74, 6) is -1.23. The molecule has 2 N–H and O–H groups in total. The average molecular weight is 233 g/mol. The summed E-state index contributed by atoms with van der Waals surface area (Å²) in [4.78, 5) is 0. The first-order chi connectivity index (χ1) is 7.30. The Morgan fingerprint density at radius 1 is 1.25 bits per heavy atom. The Hall–Kier alpha value is -1.10. The zero-order valence-electron chi connectivity index (χ0n) is 8.44. The monoisotopic (exact) mass is 233 g/mol. The Kier molecular flexibility index (Phi) is 2.45. The third-order valence-corrected chi connectivity index (χ3v) is 2.79. The van der Waals surface area contributed by atoms with Crippen LogP contribution in [-0.2, 0) is 12.6 Å². The maximum absolute atomic E-state index is 13.2. The van der Waals surface area contributed by atoms with Gasteiger partial charge in [-0.3, -0.25) is 0 Å². The number of nitrogens with two attached hydrogens (primary N) is 1. The Balaban J connectivity index is 2.22. The molecular formula is C11H11F4N. The van der Waals surface area contributed by atoms with Gasteiger partial charge in [-0.05, 0) is 37.0 Å². The first-order valence-electron chi connectivity index (χ1n) is 4.95. The smallest absolute Gasteiger partial charge is 0.325 e. The molecule has 0 radical (unpaired) electrons. The van der Waals surface area contributed by atoms with Crippen molar-refractivity contribution in [2.75, 3.05) is 0 Å². The van der Waals surface area contributed by atoms with Gasteiger partial charge in [0.1, 0.15) is 5.82 Å². The topological polar surface area (TPSA) is 26.0 Å². The lowest BCUT2D eigenvalue weighted by molar-refractivity contribution is -0.140. The van der Waals surface area contributed by atoms with Crippen molar-refractivity contribution in [1.29, 1.82) is 0 Å². The molecule has 1 fully saturated rings. The highest BCUT2D eigenvalue weighted by Crippen LogP contribution is 2.37. The zero-order chi connectivity index (χ0) is 12.0. The Morgan fingerprint density at radius 3 is 2.31 bits per heavy atom. The van der Waals surface area contributed by atoms with Gasteiger partial charge in [-0.2, -0.15) is 13.2 Å². The number of rotatable bonds is 2. The van der Waals surface area contributed by atoms with Gasteiger partial charge in [-0.25, -0.2) is 4.39 Å². The second kappa shape index (κ2) is 3.45. The highest BCUT2D eigenvalue weighted by molar-refractivity contribution is 5.28. The average Bonchev–Trinajstić information content (AvgIpc) is 2.80. The molecule has 0 amide bonds. The van der Waals surface area contributed by atoms with Crippen LogP contribution in [0.4, 0.5) is 17.6 Å². The molecule has 1 aromatic rings. The molecule has 0 saturated heterocycles. The molecule has 1 nitrogen and oxygen atoms in total. The number of hydrogen-bond acceptors (Lipinski definition) is 1. The van der Waals surface area contributed by atoms with Crippen LogP contribution in [0.3, 0.4) is 0 Å². The summed E-state index contributed by atoms with van der Waals surface area (Å²) in [6, 6.07) is 2.99. The van der Waals surface area contributed by atoms with Crippen molar-refractivity contribution in [3.8, 4) is 0 Å². The minimum Gasteiger partial charge on any atom is -0.325 e. The summed E-state index contributed by atoms with van der Waals surface area (Å²) < 4.78 is 50.0. The van der Waals surface area contributed by atoms with Gasteiger partial charge in [-0.15, -0.1) is 0 Å². The van der Waals surface area contributed by atoms with Gasteiger partial charge in [0.25, 0.3) is 0 Å². The minimum absolute atomic E-state index is 0.327. The van der Waals surface area contributed by atoms with Crippen LogP contribution >= 0.6 is 0 Å². The summed E-state index contributed by atoms with van der Waals surface area (Å²) in [7, 11) is 0. The van der Waals surface area contributed by atoms with Crippen molar-refractivity contribution in [3.05, 3.63) is 35.1 Å². The third kappa shape index (κ3) is 2.35. The summed E-state index contributed by atoms with van der Waals surface area (Å²) in [6.45, 7) is 0. The molecule has 1 saturated carbocycles. The highest BCUT2D eigenvalue weighted by atomic mass is 19.4. The van der Waals surface area contributed by atoms with E-state index in [1.165, 1.54) is 6.07 Å². The Morgan fingerprint density at radius 2 is 1.88 bits per heavy atom. The van der Waals surface area contributed by atoms with E-state index in [0.29, 0.717) is 12.0 Å². The van der Waals surface area contributed by atoms with Crippen molar-refractivity contribution in [3.63, 3.8) is 0 Å². The molecule has 88 valence electrons. The van der Waals surface area contributed by atoms with E-state index in [1.54, 1.807) is 0 Å². The molecule has 0 spiro atoms. The maximum atomic E-state index is 13.2. The molecule has 16 heavy (non-hydrogen) atoms. The van der Waals surface area contributed by atoms with Gasteiger partial charge in [0.2, 0.25) is 0 Å². The van der Waals surface area contributed by atoms with E-state index in [1.807, 2.05) is 0 Å². The zero-order valence-corrected chi connectivity index (χ0v) is 8.44. The number of benzene rings is 1. The van der Waals surface area contributed by atoms with Crippen LogP contribution in [0, 0.1) is 5.82 Å². The summed E-state index contributed by atoms with van der Waals surface area (Å²) in [5.41, 5.74) is 4.78. The summed E-state index contributed by atoms with van der Waals surface area (Å²) in [6.07, 6.45) is -2.52. The second-order valence-electron chi connectivity index (χ2n) is 4.35. The van der Waals surface area contributed by atoms with Crippen LogP contribution in [0.2, 0.25) is 0 Å². The normalized spacial score (nSPS) is 18.6. The quantitative estimate of drug-likeness (QED) is 0.781. The first-order valence-corrected chi connectivity index (χ1v) is 4.95. The SMILES string of the molecule is NC1(Cc2ccc(C(F)(F)F)c(F)c2)CC1. The molecule has 0 heterocycles. The van der Waals surface area contributed by atoms with Crippen molar-refractivity contribution in [2.24, 2.45) is 5.73 Å². The predicted octanol–water partition coefficient (Wildman–Crippen LogP) is 2.88. The van der Waals surface area contributed by atoms with Crippen LogP contribution in [0.15, 0.2) is 18.2 Å². The fourth-order valence-electron chi connectivity index (χ4n) is 1.64. The Bertz CT molecular complexity index is 407. The third-order valence-electron chi connectivity index (χ3n) is 2.79. The number of hydrogen-bond donors (Lipinski definition) is 1. The van der Waals surface area contributed by atoms with E-state index in [0.717, 1.165) is 25.0 Å². The van der Waals surface area contributed by atoms with Crippen LogP contribution in [0.25, 0.3) is 0 Å². The molecule has 2 rings (SSSR count). The van der Waals surface area contributed by atoms with Crippen molar-refractivity contribution < 1.29 is 17.6 Å². The Labute approximate surface area is 90.3 Å². The fraction of sp³-hybridized carbons (Fsp3) is 0.455. The second-order valence-corrected chi connectivity index (χ2v) is 4.35.